The number of carbonyl (C=O) groups is 2. The number of halogens is 3. The van der Waals surface area contributed by atoms with Gasteiger partial charge in [0.2, 0.25) is 5.91 Å². The molecule has 0 spiro atoms. The third kappa shape index (κ3) is 5.42. The fourth-order valence-corrected chi connectivity index (χ4v) is 2.81. The van der Waals surface area contributed by atoms with Gasteiger partial charge in [0.15, 0.2) is 0 Å². The third-order valence-electron chi connectivity index (χ3n) is 4.09. The Kier molecular flexibility index (Phi) is 8.07. The number of amides is 2. The van der Waals surface area contributed by atoms with Crippen LogP contribution in [0.5, 0.6) is 0 Å². The number of benzene rings is 1. The van der Waals surface area contributed by atoms with Gasteiger partial charge in [0.05, 0.1) is 0 Å². The summed E-state index contributed by atoms with van der Waals surface area (Å²) >= 11 is 0. The second-order valence-corrected chi connectivity index (χ2v) is 5.76. The molecular formula is C16H22ClF2N3O2. The van der Waals surface area contributed by atoms with Crippen LogP contribution < -0.4 is 16.4 Å². The van der Waals surface area contributed by atoms with Crippen molar-refractivity contribution in [3.63, 3.8) is 0 Å². The Morgan fingerprint density at radius 3 is 2.33 bits per heavy atom. The maximum Gasteiger partial charge on any atom is 0.257 e. The summed E-state index contributed by atoms with van der Waals surface area (Å²) in [6.45, 7) is 0.289. The van der Waals surface area contributed by atoms with E-state index in [-0.39, 0.29) is 43.4 Å². The van der Waals surface area contributed by atoms with Crippen LogP contribution in [-0.2, 0) is 4.79 Å². The zero-order valence-electron chi connectivity index (χ0n) is 13.2. The lowest BCUT2D eigenvalue weighted by molar-refractivity contribution is -0.122. The first-order valence-electron chi connectivity index (χ1n) is 7.73. The van der Waals surface area contributed by atoms with Gasteiger partial charge in [-0.05, 0) is 30.9 Å². The van der Waals surface area contributed by atoms with Crippen molar-refractivity contribution in [3.05, 3.63) is 35.4 Å². The molecule has 134 valence electrons. The summed E-state index contributed by atoms with van der Waals surface area (Å²) in [5.41, 5.74) is 5.29. The Bertz CT molecular complexity index is 566. The van der Waals surface area contributed by atoms with Crippen molar-refractivity contribution in [2.45, 2.75) is 31.7 Å². The standard InChI is InChI=1S/C16H21F2N3O2.ClH/c17-11-4-2-5-12(18)15(11)16(23)21-8-7-20-14(22)9-10-3-1-6-13(10)19;/h2,4-5,10,13H,1,3,6-9,19H2,(H,20,22)(H,21,23);1H/t10-,13+;/m0./s1. The topological polar surface area (TPSA) is 84.2 Å². The largest absolute Gasteiger partial charge is 0.354 e. The highest BCUT2D eigenvalue weighted by atomic mass is 35.5. The van der Waals surface area contributed by atoms with Gasteiger partial charge in [-0.25, -0.2) is 8.78 Å². The molecule has 8 heteroatoms. The van der Waals surface area contributed by atoms with Crippen molar-refractivity contribution in [2.24, 2.45) is 11.7 Å². The summed E-state index contributed by atoms with van der Waals surface area (Å²) < 4.78 is 26.8. The first-order valence-corrected chi connectivity index (χ1v) is 7.73. The first-order chi connectivity index (χ1) is 11.0. The van der Waals surface area contributed by atoms with E-state index in [2.05, 4.69) is 10.6 Å². The van der Waals surface area contributed by atoms with E-state index in [1.165, 1.54) is 6.07 Å². The Labute approximate surface area is 145 Å². The molecule has 5 nitrogen and oxygen atoms in total. The zero-order valence-corrected chi connectivity index (χ0v) is 14.0. The molecule has 4 N–H and O–H groups in total. The normalized spacial score (nSPS) is 19.5. The smallest absolute Gasteiger partial charge is 0.257 e. The van der Waals surface area contributed by atoms with Crippen molar-refractivity contribution in [1.29, 1.82) is 0 Å². The van der Waals surface area contributed by atoms with Gasteiger partial charge in [0, 0.05) is 25.6 Å². The molecule has 2 amide bonds. The maximum absolute atomic E-state index is 13.4. The maximum atomic E-state index is 13.4. The van der Waals surface area contributed by atoms with Crippen LogP contribution >= 0.6 is 12.4 Å². The lowest BCUT2D eigenvalue weighted by Gasteiger charge is -2.14. The minimum absolute atomic E-state index is 0. The van der Waals surface area contributed by atoms with Crippen LogP contribution in [0.3, 0.4) is 0 Å². The molecule has 2 rings (SSSR count). The second kappa shape index (κ2) is 9.54. The number of rotatable bonds is 6. The fraction of sp³-hybridized carbons (Fsp3) is 0.500. The van der Waals surface area contributed by atoms with Crippen LogP contribution in [0.4, 0.5) is 8.78 Å². The van der Waals surface area contributed by atoms with Gasteiger partial charge in [-0.3, -0.25) is 9.59 Å². The molecular weight excluding hydrogens is 340 g/mol. The SMILES string of the molecule is Cl.N[C@@H]1CCC[C@H]1CC(=O)NCCNC(=O)c1c(F)cccc1F. The molecule has 0 aromatic heterocycles. The fourth-order valence-electron chi connectivity index (χ4n) is 2.81. The quantitative estimate of drug-likeness (QED) is 0.675. The number of nitrogens with one attached hydrogen (secondary N) is 2. The van der Waals surface area contributed by atoms with E-state index in [1.54, 1.807) is 0 Å². The summed E-state index contributed by atoms with van der Waals surface area (Å²) in [4.78, 5) is 23.5. The van der Waals surface area contributed by atoms with Gasteiger partial charge in [0.1, 0.15) is 17.2 Å². The highest BCUT2D eigenvalue weighted by molar-refractivity contribution is 5.94. The van der Waals surface area contributed by atoms with E-state index in [4.69, 9.17) is 5.73 Å². The van der Waals surface area contributed by atoms with E-state index < -0.39 is 23.1 Å². The number of hydrogen-bond acceptors (Lipinski definition) is 3. The molecule has 0 bridgehead atoms. The van der Waals surface area contributed by atoms with E-state index in [0.717, 1.165) is 31.4 Å². The Hall–Kier alpha value is -1.73. The van der Waals surface area contributed by atoms with Crippen LogP contribution in [0, 0.1) is 17.6 Å². The molecule has 1 fully saturated rings. The second-order valence-electron chi connectivity index (χ2n) is 5.76. The minimum Gasteiger partial charge on any atom is -0.354 e. The predicted molar refractivity (Wildman–Crippen MR) is 88.9 cm³/mol. The Morgan fingerprint density at radius 2 is 1.75 bits per heavy atom. The average molecular weight is 362 g/mol. The lowest BCUT2D eigenvalue weighted by Crippen LogP contribution is -2.37. The molecule has 1 aromatic rings. The van der Waals surface area contributed by atoms with Crippen molar-refractivity contribution in [1.82, 2.24) is 10.6 Å². The Morgan fingerprint density at radius 1 is 1.12 bits per heavy atom. The molecule has 1 aliphatic carbocycles. The van der Waals surface area contributed by atoms with Crippen LogP contribution in [0.1, 0.15) is 36.0 Å². The molecule has 0 saturated heterocycles. The average Bonchev–Trinajstić information content (AvgIpc) is 2.89. The van der Waals surface area contributed by atoms with Crippen molar-refractivity contribution in [3.8, 4) is 0 Å². The van der Waals surface area contributed by atoms with Crippen LogP contribution in [0.2, 0.25) is 0 Å². The summed E-state index contributed by atoms with van der Waals surface area (Å²) in [5, 5.41) is 5.05. The van der Waals surface area contributed by atoms with Gasteiger partial charge >= 0.3 is 0 Å². The summed E-state index contributed by atoms with van der Waals surface area (Å²) in [6.07, 6.45) is 3.32. The number of hydrogen-bond donors (Lipinski definition) is 3. The summed E-state index contributed by atoms with van der Waals surface area (Å²) in [6, 6.07) is 3.30. The highest BCUT2D eigenvalue weighted by Crippen LogP contribution is 2.26. The number of nitrogens with two attached hydrogens (primary N) is 1. The van der Waals surface area contributed by atoms with E-state index >= 15 is 0 Å². The summed E-state index contributed by atoms with van der Waals surface area (Å²) in [7, 11) is 0. The highest BCUT2D eigenvalue weighted by Gasteiger charge is 2.25. The number of carbonyl (C=O) groups excluding carboxylic acids is 2. The molecule has 2 atom stereocenters. The van der Waals surface area contributed by atoms with Crippen LogP contribution in [-0.4, -0.2) is 30.9 Å². The molecule has 1 saturated carbocycles. The molecule has 1 aliphatic rings. The third-order valence-corrected chi connectivity index (χ3v) is 4.09. The lowest BCUT2D eigenvalue weighted by atomic mass is 10.00. The van der Waals surface area contributed by atoms with Crippen molar-refractivity contribution in [2.75, 3.05) is 13.1 Å². The van der Waals surface area contributed by atoms with E-state index in [1.807, 2.05) is 0 Å². The van der Waals surface area contributed by atoms with E-state index in [0.29, 0.717) is 6.42 Å². The van der Waals surface area contributed by atoms with Gasteiger partial charge in [-0.2, -0.15) is 0 Å². The first kappa shape index (κ1) is 20.3. The van der Waals surface area contributed by atoms with Crippen LogP contribution in [0.25, 0.3) is 0 Å². The summed E-state index contributed by atoms with van der Waals surface area (Å²) in [5.74, 6) is -2.59. The zero-order chi connectivity index (χ0) is 16.8. The molecule has 1 aromatic carbocycles. The van der Waals surface area contributed by atoms with Crippen molar-refractivity contribution >= 4 is 24.2 Å². The molecule has 0 radical (unpaired) electrons. The molecule has 0 aliphatic heterocycles. The Balaban J connectivity index is 0.00000288. The minimum atomic E-state index is -0.915. The molecule has 24 heavy (non-hydrogen) atoms. The predicted octanol–water partition coefficient (Wildman–Crippen LogP) is 1.75. The molecule has 0 unspecified atom stereocenters. The monoisotopic (exact) mass is 361 g/mol. The van der Waals surface area contributed by atoms with Crippen molar-refractivity contribution < 1.29 is 18.4 Å². The van der Waals surface area contributed by atoms with Crippen LogP contribution in [0.15, 0.2) is 18.2 Å². The van der Waals surface area contributed by atoms with Gasteiger partial charge < -0.3 is 16.4 Å². The molecule has 0 heterocycles. The van der Waals surface area contributed by atoms with Gasteiger partial charge in [-0.1, -0.05) is 12.5 Å². The van der Waals surface area contributed by atoms with E-state index in [9.17, 15) is 18.4 Å². The van der Waals surface area contributed by atoms with Gasteiger partial charge in [0.25, 0.3) is 5.91 Å². The van der Waals surface area contributed by atoms with Gasteiger partial charge in [-0.15, -0.1) is 12.4 Å².